The molecule has 1 N–H and O–H groups in total. The molecule has 0 atom stereocenters. The minimum Gasteiger partial charge on any atom is -0.491 e. The number of hydrogen-bond acceptors (Lipinski definition) is 5. The molecule has 0 aliphatic rings. The van der Waals surface area contributed by atoms with Gasteiger partial charge in [0.25, 0.3) is 0 Å². The van der Waals surface area contributed by atoms with E-state index >= 15 is 0 Å². The molecule has 3 aromatic rings. The Morgan fingerprint density at radius 3 is 2.92 bits per heavy atom. The molecule has 2 heterocycles. The molecule has 0 unspecified atom stereocenters. The summed E-state index contributed by atoms with van der Waals surface area (Å²) in [5.74, 6) is 0.841. The van der Waals surface area contributed by atoms with E-state index < -0.39 is 0 Å². The number of benzene rings is 1. The van der Waals surface area contributed by atoms with Crippen molar-refractivity contribution in [3.63, 3.8) is 0 Å². The molecule has 0 aliphatic heterocycles. The average Bonchev–Trinajstić information content (AvgIpc) is 2.60. The average molecular weight is 388 g/mol. The van der Waals surface area contributed by atoms with Gasteiger partial charge < -0.3 is 14.8 Å². The summed E-state index contributed by atoms with van der Waals surface area (Å²) in [7, 11) is 1.66. The lowest BCUT2D eigenvalue weighted by Gasteiger charge is -2.11. The van der Waals surface area contributed by atoms with Gasteiger partial charge in [0.1, 0.15) is 17.9 Å². The van der Waals surface area contributed by atoms with Crippen molar-refractivity contribution in [2.24, 2.45) is 0 Å². The lowest BCUT2D eigenvalue weighted by molar-refractivity contribution is 0.146. The van der Waals surface area contributed by atoms with Crippen molar-refractivity contribution in [2.45, 2.75) is 6.54 Å². The topological polar surface area (TPSA) is 56.3 Å². The van der Waals surface area contributed by atoms with Crippen LogP contribution in [0, 0.1) is 0 Å². The van der Waals surface area contributed by atoms with Gasteiger partial charge in [-0.1, -0.05) is 12.1 Å². The largest absolute Gasteiger partial charge is 0.491 e. The van der Waals surface area contributed by atoms with Gasteiger partial charge in [0, 0.05) is 30.5 Å². The van der Waals surface area contributed by atoms with Crippen molar-refractivity contribution in [3.05, 3.63) is 58.8 Å². The van der Waals surface area contributed by atoms with Crippen LogP contribution in [0.1, 0.15) is 5.56 Å². The van der Waals surface area contributed by atoms with E-state index in [1.807, 2.05) is 30.3 Å². The lowest BCUT2D eigenvalue weighted by Crippen LogP contribution is -2.05. The molecule has 0 amide bonds. The van der Waals surface area contributed by atoms with Gasteiger partial charge in [0.05, 0.1) is 17.8 Å². The molecule has 6 heteroatoms. The summed E-state index contributed by atoms with van der Waals surface area (Å²) in [6, 6.07) is 11.9. The Balaban J connectivity index is 1.71. The van der Waals surface area contributed by atoms with Crippen LogP contribution < -0.4 is 10.1 Å². The van der Waals surface area contributed by atoms with Crippen molar-refractivity contribution in [3.8, 4) is 5.75 Å². The number of anilines is 1. The lowest BCUT2D eigenvalue weighted by atomic mass is 10.2. The Bertz CT molecular complexity index is 826. The van der Waals surface area contributed by atoms with Gasteiger partial charge in [0.15, 0.2) is 0 Å². The Morgan fingerprint density at radius 1 is 1.12 bits per heavy atom. The van der Waals surface area contributed by atoms with Crippen LogP contribution >= 0.6 is 15.9 Å². The standard InChI is InChI=1S/C18H18BrN3O2/c1-23-7-8-24-15-4-2-3-13(9-15)11-21-16-5-6-20-17-10-14(19)12-22-18(16)17/h2-6,9-10,12H,7-8,11H2,1H3,(H,20,21). The zero-order valence-electron chi connectivity index (χ0n) is 13.3. The number of fused-ring (bicyclic) bond motifs is 1. The SMILES string of the molecule is COCCOc1cccc(CNc2ccnc3cc(Br)cnc23)c1. The molecule has 0 bridgehead atoms. The fourth-order valence-electron chi connectivity index (χ4n) is 2.33. The van der Waals surface area contributed by atoms with Crippen LogP contribution in [-0.2, 0) is 11.3 Å². The second-order valence-electron chi connectivity index (χ2n) is 5.22. The van der Waals surface area contributed by atoms with Crippen molar-refractivity contribution in [1.82, 2.24) is 9.97 Å². The third kappa shape index (κ3) is 4.21. The summed E-state index contributed by atoms with van der Waals surface area (Å²) in [4.78, 5) is 8.80. The number of nitrogens with zero attached hydrogens (tertiary/aromatic N) is 2. The normalized spacial score (nSPS) is 10.8. The first kappa shape index (κ1) is 16.7. The molecule has 3 rings (SSSR count). The number of halogens is 1. The second-order valence-corrected chi connectivity index (χ2v) is 6.14. The summed E-state index contributed by atoms with van der Waals surface area (Å²) in [6.07, 6.45) is 3.56. The minimum absolute atomic E-state index is 0.543. The zero-order chi connectivity index (χ0) is 16.8. The van der Waals surface area contributed by atoms with Crippen molar-refractivity contribution in [1.29, 1.82) is 0 Å². The van der Waals surface area contributed by atoms with Crippen LogP contribution in [0.4, 0.5) is 5.69 Å². The van der Waals surface area contributed by atoms with E-state index in [0.29, 0.717) is 19.8 Å². The molecule has 1 aromatic carbocycles. The summed E-state index contributed by atoms with van der Waals surface area (Å²) >= 11 is 3.42. The molecule has 0 radical (unpaired) electrons. The number of hydrogen-bond donors (Lipinski definition) is 1. The van der Waals surface area contributed by atoms with Crippen LogP contribution in [0.3, 0.4) is 0 Å². The molecule has 0 aliphatic carbocycles. The maximum atomic E-state index is 5.64. The zero-order valence-corrected chi connectivity index (χ0v) is 14.9. The van der Waals surface area contributed by atoms with Gasteiger partial charge in [-0.3, -0.25) is 9.97 Å². The minimum atomic E-state index is 0.543. The predicted molar refractivity (Wildman–Crippen MR) is 98.4 cm³/mol. The Kier molecular flexibility index (Phi) is 5.61. The van der Waals surface area contributed by atoms with E-state index in [0.717, 1.165) is 32.5 Å². The molecule has 2 aromatic heterocycles. The second kappa shape index (κ2) is 8.08. The highest BCUT2D eigenvalue weighted by Gasteiger charge is 2.04. The third-order valence-electron chi connectivity index (χ3n) is 3.48. The van der Waals surface area contributed by atoms with E-state index in [-0.39, 0.29) is 0 Å². The molecule has 0 fully saturated rings. The number of pyridine rings is 2. The summed E-state index contributed by atoms with van der Waals surface area (Å²) in [6.45, 7) is 1.80. The number of aromatic nitrogens is 2. The molecule has 0 saturated carbocycles. The first-order valence-corrected chi connectivity index (χ1v) is 8.40. The van der Waals surface area contributed by atoms with E-state index in [1.54, 1.807) is 19.5 Å². The van der Waals surface area contributed by atoms with Crippen molar-refractivity contribution < 1.29 is 9.47 Å². The van der Waals surface area contributed by atoms with E-state index in [2.05, 4.69) is 37.3 Å². The Labute approximate surface area is 149 Å². The van der Waals surface area contributed by atoms with Gasteiger partial charge in [0.2, 0.25) is 0 Å². The monoisotopic (exact) mass is 387 g/mol. The predicted octanol–water partition coefficient (Wildman–Crippen LogP) is 4.03. The number of methoxy groups -OCH3 is 1. The van der Waals surface area contributed by atoms with E-state index in [9.17, 15) is 0 Å². The summed E-state index contributed by atoms with van der Waals surface area (Å²) in [5, 5.41) is 3.42. The summed E-state index contributed by atoms with van der Waals surface area (Å²) in [5.41, 5.74) is 3.80. The van der Waals surface area contributed by atoms with Crippen LogP contribution in [0.25, 0.3) is 11.0 Å². The van der Waals surface area contributed by atoms with Gasteiger partial charge in [-0.05, 0) is 45.8 Å². The number of rotatable bonds is 7. The molecule has 0 saturated heterocycles. The van der Waals surface area contributed by atoms with Gasteiger partial charge in [-0.25, -0.2) is 0 Å². The van der Waals surface area contributed by atoms with Crippen molar-refractivity contribution in [2.75, 3.05) is 25.6 Å². The van der Waals surface area contributed by atoms with Crippen LogP contribution in [0.5, 0.6) is 5.75 Å². The fraction of sp³-hybridized carbons (Fsp3) is 0.222. The van der Waals surface area contributed by atoms with Gasteiger partial charge in [-0.2, -0.15) is 0 Å². The molecule has 24 heavy (non-hydrogen) atoms. The molecular weight excluding hydrogens is 370 g/mol. The van der Waals surface area contributed by atoms with E-state index in [1.165, 1.54) is 0 Å². The highest BCUT2D eigenvalue weighted by atomic mass is 79.9. The van der Waals surface area contributed by atoms with Crippen LogP contribution in [0.15, 0.2) is 53.3 Å². The van der Waals surface area contributed by atoms with E-state index in [4.69, 9.17) is 9.47 Å². The van der Waals surface area contributed by atoms with Gasteiger partial charge in [-0.15, -0.1) is 0 Å². The quantitative estimate of drug-likeness (QED) is 0.620. The van der Waals surface area contributed by atoms with Crippen LogP contribution in [-0.4, -0.2) is 30.3 Å². The Morgan fingerprint density at radius 2 is 2.04 bits per heavy atom. The number of ether oxygens (including phenoxy) is 2. The molecule has 0 spiro atoms. The number of nitrogens with one attached hydrogen (secondary N) is 1. The molecule has 5 nitrogen and oxygen atoms in total. The highest BCUT2D eigenvalue weighted by Crippen LogP contribution is 2.23. The fourth-order valence-corrected chi connectivity index (χ4v) is 2.65. The maximum Gasteiger partial charge on any atom is 0.119 e. The Hall–Kier alpha value is -2.18. The van der Waals surface area contributed by atoms with Crippen molar-refractivity contribution >= 4 is 32.7 Å². The van der Waals surface area contributed by atoms with Gasteiger partial charge >= 0.3 is 0 Å². The molecule has 124 valence electrons. The third-order valence-corrected chi connectivity index (χ3v) is 3.92. The smallest absolute Gasteiger partial charge is 0.119 e. The molecular formula is C18H18BrN3O2. The first-order valence-electron chi connectivity index (χ1n) is 7.61. The van der Waals surface area contributed by atoms with Crippen LogP contribution in [0.2, 0.25) is 0 Å². The summed E-state index contributed by atoms with van der Waals surface area (Å²) < 4.78 is 11.6. The first-order chi connectivity index (χ1) is 11.8. The maximum absolute atomic E-state index is 5.64. The highest BCUT2D eigenvalue weighted by molar-refractivity contribution is 9.10.